The van der Waals surface area contributed by atoms with Gasteiger partial charge in [0.25, 0.3) is 0 Å². The Morgan fingerprint density at radius 2 is 1.81 bits per heavy atom. The van der Waals surface area contributed by atoms with E-state index >= 15 is 0 Å². The molecule has 0 radical (unpaired) electrons. The van der Waals surface area contributed by atoms with E-state index in [4.69, 9.17) is 4.74 Å². The van der Waals surface area contributed by atoms with Gasteiger partial charge in [0.05, 0.1) is 18.1 Å². The molecule has 0 atom stereocenters. The van der Waals surface area contributed by atoms with Crippen LogP contribution in [0.15, 0.2) is 47.4 Å². The maximum Gasteiger partial charge on any atom is 0.240 e. The SMILES string of the molecule is O=S(=O)(NCCc1nnc2ccc(N3CCOCC3)nn12)c1ccccc1. The number of ether oxygens (including phenoxy) is 1. The van der Waals surface area contributed by atoms with Crippen LogP contribution in [0.4, 0.5) is 5.82 Å². The van der Waals surface area contributed by atoms with E-state index in [1.807, 2.05) is 12.1 Å². The molecular formula is C17H20N6O3S. The maximum absolute atomic E-state index is 12.3. The van der Waals surface area contributed by atoms with Crippen molar-refractivity contribution in [3.8, 4) is 0 Å². The van der Waals surface area contributed by atoms with E-state index in [1.54, 1.807) is 34.8 Å². The first-order valence-electron chi connectivity index (χ1n) is 8.72. The van der Waals surface area contributed by atoms with Gasteiger partial charge in [-0.2, -0.15) is 4.52 Å². The van der Waals surface area contributed by atoms with Crippen molar-refractivity contribution in [2.45, 2.75) is 11.3 Å². The van der Waals surface area contributed by atoms with E-state index in [0.717, 1.165) is 18.9 Å². The Hall–Kier alpha value is -2.56. The fraction of sp³-hybridized carbons (Fsp3) is 0.353. The molecule has 0 unspecified atom stereocenters. The lowest BCUT2D eigenvalue weighted by Gasteiger charge is -2.27. The Labute approximate surface area is 157 Å². The monoisotopic (exact) mass is 388 g/mol. The van der Waals surface area contributed by atoms with Crippen LogP contribution in [-0.4, -0.2) is 61.1 Å². The molecule has 0 spiro atoms. The van der Waals surface area contributed by atoms with Gasteiger partial charge >= 0.3 is 0 Å². The zero-order valence-electron chi connectivity index (χ0n) is 14.7. The number of sulfonamides is 1. The summed E-state index contributed by atoms with van der Waals surface area (Å²) in [6.45, 7) is 3.13. The Morgan fingerprint density at radius 1 is 1.04 bits per heavy atom. The van der Waals surface area contributed by atoms with Gasteiger partial charge in [0, 0.05) is 26.1 Å². The first-order chi connectivity index (χ1) is 13.1. The molecule has 1 aliphatic rings. The van der Waals surface area contributed by atoms with E-state index in [2.05, 4.69) is 24.9 Å². The standard InChI is InChI=1S/C17H20N6O3S/c24-27(25,14-4-2-1-3-5-14)18-9-8-16-20-19-15-6-7-17(21-23(15)16)22-10-12-26-13-11-22/h1-7,18H,8-13H2. The number of benzene rings is 1. The summed E-state index contributed by atoms with van der Waals surface area (Å²) < 4.78 is 34.2. The van der Waals surface area contributed by atoms with E-state index < -0.39 is 10.0 Å². The number of nitrogens with zero attached hydrogens (tertiary/aromatic N) is 5. The zero-order valence-corrected chi connectivity index (χ0v) is 15.5. The third-order valence-electron chi connectivity index (χ3n) is 4.34. The maximum atomic E-state index is 12.3. The summed E-state index contributed by atoms with van der Waals surface area (Å²) in [7, 11) is -3.54. The van der Waals surface area contributed by atoms with Crippen LogP contribution in [0.2, 0.25) is 0 Å². The molecule has 2 aromatic heterocycles. The molecule has 1 fully saturated rings. The van der Waals surface area contributed by atoms with Crippen molar-refractivity contribution >= 4 is 21.5 Å². The fourth-order valence-electron chi connectivity index (χ4n) is 2.92. The number of nitrogens with one attached hydrogen (secondary N) is 1. The van der Waals surface area contributed by atoms with Crippen molar-refractivity contribution in [3.63, 3.8) is 0 Å². The molecule has 1 aliphatic heterocycles. The third-order valence-corrected chi connectivity index (χ3v) is 5.82. The van der Waals surface area contributed by atoms with Gasteiger partial charge in [-0.15, -0.1) is 15.3 Å². The topological polar surface area (TPSA) is 102 Å². The number of aromatic nitrogens is 4. The quantitative estimate of drug-likeness (QED) is 0.655. The van der Waals surface area contributed by atoms with Crippen LogP contribution in [0.5, 0.6) is 0 Å². The number of anilines is 1. The van der Waals surface area contributed by atoms with Gasteiger partial charge in [-0.3, -0.25) is 0 Å². The summed E-state index contributed by atoms with van der Waals surface area (Å²) in [6.07, 6.45) is 0.382. The van der Waals surface area contributed by atoms with Gasteiger partial charge in [0.2, 0.25) is 10.0 Å². The van der Waals surface area contributed by atoms with Crippen molar-refractivity contribution in [1.29, 1.82) is 0 Å². The number of hydrogen-bond acceptors (Lipinski definition) is 7. The Bertz CT molecular complexity index is 1020. The minimum absolute atomic E-state index is 0.210. The second-order valence-corrected chi connectivity index (χ2v) is 7.90. The molecule has 0 bridgehead atoms. The Balaban J connectivity index is 1.47. The van der Waals surface area contributed by atoms with Gasteiger partial charge in [-0.1, -0.05) is 18.2 Å². The number of morpholine rings is 1. The smallest absolute Gasteiger partial charge is 0.240 e. The Morgan fingerprint density at radius 3 is 2.59 bits per heavy atom. The van der Waals surface area contributed by atoms with Crippen LogP contribution >= 0.6 is 0 Å². The second-order valence-electron chi connectivity index (χ2n) is 6.14. The molecule has 1 saturated heterocycles. The van der Waals surface area contributed by atoms with Crippen LogP contribution in [0.25, 0.3) is 5.65 Å². The predicted molar refractivity (Wildman–Crippen MR) is 99.1 cm³/mol. The first-order valence-corrected chi connectivity index (χ1v) is 10.2. The summed E-state index contributed by atoms with van der Waals surface area (Å²) in [4.78, 5) is 2.38. The first kappa shape index (κ1) is 17.8. The normalized spacial score (nSPS) is 15.3. The molecule has 3 heterocycles. The summed E-state index contributed by atoms with van der Waals surface area (Å²) in [5.41, 5.74) is 0.632. The predicted octanol–water partition coefficient (Wildman–Crippen LogP) is 0.482. The highest BCUT2D eigenvalue weighted by molar-refractivity contribution is 7.89. The fourth-order valence-corrected chi connectivity index (χ4v) is 3.97. The van der Waals surface area contributed by atoms with Crippen LogP contribution in [0, 0.1) is 0 Å². The average Bonchev–Trinajstić information content (AvgIpc) is 3.11. The zero-order chi connectivity index (χ0) is 18.7. The van der Waals surface area contributed by atoms with Gasteiger partial charge in [0.1, 0.15) is 5.82 Å². The summed E-state index contributed by atoms with van der Waals surface area (Å²) in [5.74, 6) is 1.44. The molecule has 4 rings (SSSR count). The number of rotatable bonds is 6. The molecule has 3 aromatic rings. The average molecular weight is 388 g/mol. The lowest BCUT2D eigenvalue weighted by molar-refractivity contribution is 0.122. The van der Waals surface area contributed by atoms with Crippen molar-refractivity contribution in [2.75, 3.05) is 37.7 Å². The van der Waals surface area contributed by atoms with E-state index in [0.29, 0.717) is 31.1 Å². The van der Waals surface area contributed by atoms with Crippen LogP contribution in [-0.2, 0) is 21.2 Å². The molecule has 10 heteroatoms. The minimum Gasteiger partial charge on any atom is -0.378 e. The molecule has 0 saturated carbocycles. The highest BCUT2D eigenvalue weighted by atomic mass is 32.2. The van der Waals surface area contributed by atoms with Crippen molar-refractivity contribution in [3.05, 3.63) is 48.3 Å². The molecule has 9 nitrogen and oxygen atoms in total. The van der Waals surface area contributed by atoms with E-state index in [9.17, 15) is 8.42 Å². The van der Waals surface area contributed by atoms with Gasteiger partial charge in [0.15, 0.2) is 11.5 Å². The third kappa shape index (κ3) is 3.92. The highest BCUT2D eigenvalue weighted by Gasteiger charge is 2.16. The van der Waals surface area contributed by atoms with Gasteiger partial charge < -0.3 is 9.64 Å². The van der Waals surface area contributed by atoms with Crippen molar-refractivity contribution in [2.24, 2.45) is 0 Å². The Kier molecular flexibility index (Phi) is 5.01. The molecule has 0 aliphatic carbocycles. The number of hydrogen-bond donors (Lipinski definition) is 1. The molecule has 142 valence electrons. The summed E-state index contributed by atoms with van der Waals surface area (Å²) in [6, 6.07) is 12.1. The number of fused-ring (bicyclic) bond motifs is 1. The van der Waals surface area contributed by atoms with E-state index in [1.165, 1.54) is 0 Å². The molecule has 0 amide bonds. The van der Waals surface area contributed by atoms with Gasteiger partial charge in [-0.25, -0.2) is 13.1 Å². The molecule has 1 N–H and O–H groups in total. The molecule has 27 heavy (non-hydrogen) atoms. The van der Waals surface area contributed by atoms with E-state index in [-0.39, 0.29) is 11.4 Å². The molecule has 1 aromatic carbocycles. The lowest BCUT2D eigenvalue weighted by atomic mass is 10.4. The second kappa shape index (κ2) is 7.59. The molecular weight excluding hydrogens is 368 g/mol. The lowest BCUT2D eigenvalue weighted by Crippen LogP contribution is -2.37. The van der Waals surface area contributed by atoms with Crippen molar-refractivity contribution in [1.82, 2.24) is 24.5 Å². The minimum atomic E-state index is -3.54. The van der Waals surface area contributed by atoms with Crippen LogP contribution < -0.4 is 9.62 Å². The highest BCUT2D eigenvalue weighted by Crippen LogP contribution is 2.14. The van der Waals surface area contributed by atoms with Crippen molar-refractivity contribution < 1.29 is 13.2 Å². The van der Waals surface area contributed by atoms with Gasteiger partial charge in [-0.05, 0) is 24.3 Å². The van der Waals surface area contributed by atoms with Crippen LogP contribution in [0.3, 0.4) is 0 Å². The van der Waals surface area contributed by atoms with Crippen LogP contribution in [0.1, 0.15) is 5.82 Å². The largest absolute Gasteiger partial charge is 0.378 e. The summed E-state index contributed by atoms with van der Waals surface area (Å²) in [5, 5.41) is 12.9. The summed E-state index contributed by atoms with van der Waals surface area (Å²) >= 11 is 0.